The fraction of sp³-hybridized carbons (Fsp3) is 0.714. The summed E-state index contributed by atoms with van der Waals surface area (Å²) in [4.78, 5) is 21.4. The largest absolute Gasteiger partial charge is 0.415 e. The molecule has 62 valence electrons. The second-order valence-corrected chi connectivity index (χ2v) is 2.72. The summed E-state index contributed by atoms with van der Waals surface area (Å²) in [7, 11) is 0. The topological polar surface area (TPSA) is 55.4 Å². The molecule has 11 heavy (non-hydrogen) atoms. The molecule has 1 fully saturated rings. The molecular formula is C7H11NO3. The van der Waals surface area contributed by atoms with E-state index in [0.717, 1.165) is 6.42 Å². The first-order valence-corrected chi connectivity index (χ1v) is 3.67. The van der Waals surface area contributed by atoms with Crippen molar-refractivity contribution in [2.24, 2.45) is 5.92 Å². The highest BCUT2D eigenvalue weighted by molar-refractivity contribution is 5.95. The molecule has 1 rings (SSSR count). The highest BCUT2D eigenvalue weighted by Gasteiger charge is 2.35. The van der Waals surface area contributed by atoms with Crippen LogP contribution in [0, 0.1) is 5.92 Å². The minimum absolute atomic E-state index is 0.147. The average molecular weight is 157 g/mol. The van der Waals surface area contributed by atoms with Crippen molar-refractivity contribution in [3.05, 3.63) is 0 Å². The first-order valence-electron chi connectivity index (χ1n) is 3.67. The number of cyclic esters (lactones) is 2. The first-order chi connectivity index (χ1) is 5.15. The summed E-state index contributed by atoms with van der Waals surface area (Å²) in [5.41, 5.74) is 0. The van der Waals surface area contributed by atoms with E-state index in [1.165, 1.54) is 0 Å². The second-order valence-electron chi connectivity index (χ2n) is 2.72. The van der Waals surface area contributed by atoms with E-state index in [0.29, 0.717) is 0 Å². The van der Waals surface area contributed by atoms with Gasteiger partial charge in [-0.3, -0.25) is 0 Å². The Hall–Kier alpha value is -1.06. The van der Waals surface area contributed by atoms with Gasteiger partial charge in [0.2, 0.25) is 0 Å². The standard InChI is InChI=1S/C7H11NO3/c1-3-4(2)5-6(9)11-7(10)8-5/h4-5H,3H2,1-2H3,(H,8,10)/t4-,5-/m1/s1. The van der Waals surface area contributed by atoms with E-state index in [1.54, 1.807) is 0 Å². The molecule has 1 heterocycles. The molecule has 4 heteroatoms. The van der Waals surface area contributed by atoms with E-state index in [2.05, 4.69) is 10.1 Å². The van der Waals surface area contributed by atoms with Crippen LogP contribution in [0.4, 0.5) is 4.79 Å². The molecule has 1 saturated heterocycles. The third-order valence-corrected chi connectivity index (χ3v) is 1.93. The highest BCUT2D eigenvalue weighted by Crippen LogP contribution is 2.13. The van der Waals surface area contributed by atoms with Gasteiger partial charge in [0.1, 0.15) is 6.04 Å². The smallest absolute Gasteiger partial charge is 0.375 e. The van der Waals surface area contributed by atoms with Crippen LogP contribution >= 0.6 is 0 Å². The van der Waals surface area contributed by atoms with Gasteiger partial charge in [0.15, 0.2) is 0 Å². The van der Waals surface area contributed by atoms with E-state index in [-0.39, 0.29) is 5.92 Å². The maximum absolute atomic E-state index is 10.9. The van der Waals surface area contributed by atoms with Crippen LogP contribution in [0.5, 0.6) is 0 Å². The molecule has 1 amide bonds. The number of hydrogen-bond acceptors (Lipinski definition) is 3. The molecule has 2 atom stereocenters. The molecule has 4 nitrogen and oxygen atoms in total. The van der Waals surface area contributed by atoms with Crippen molar-refractivity contribution >= 4 is 12.1 Å². The van der Waals surface area contributed by atoms with Crippen molar-refractivity contribution in [1.29, 1.82) is 0 Å². The second kappa shape index (κ2) is 2.90. The fourth-order valence-corrected chi connectivity index (χ4v) is 0.980. The van der Waals surface area contributed by atoms with E-state index in [4.69, 9.17) is 0 Å². The summed E-state index contributed by atoms with van der Waals surface area (Å²) in [6, 6.07) is -0.438. The highest BCUT2D eigenvalue weighted by atomic mass is 16.6. The Labute approximate surface area is 64.9 Å². The SMILES string of the molecule is CC[C@@H](C)[C@H]1NC(=O)OC1=O. The van der Waals surface area contributed by atoms with Crippen molar-refractivity contribution in [3.63, 3.8) is 0 Å². The fourth-order valence-electron chi connectivity index (χ4n) is 0.980. The monoisotopic (exact) mass is 157 g/mol. The van der Waals surface area contributed by atoms with Crippen LogP contribution in [0.3, 0.4) is 0 Å². The number of alkyl carbamates (subject to hydrolysis) is 1. The predicted molar refractivity (Wildman–Crippen MR) is 37.9 cm³/mol. The van der Waals surface area contributed by atoms with Gasteiger partial charge in [0, 0.05) is 0 Å². The van der Waals surface area contributed by atoms with Crippen LogP contribution in [0.2, 0.25) is 0 Å². The Morgan fingerprint density at radius 1 is 1.64 bits per heavy atom. The zero-order valence-electron chi connectivity index (χ0n) is 6.59. The van der Waals surface area contributed by atoms with Crippen molar-refractivity contribution in [1.82, 2.24) is 5.32 Å². The lowest BCUT2D eigenvalue weighted by atomic mass is 10.0. The van der Waals surface area contributed by atoms with E-state index < -0.39 is 18.1 Å². The normalized spacial score (nSPS) is 26.2. The molecule has 0 saturated carbocycles. The van der Waals surface area contributed by atoms with Gasteiger partial charge in [-0.25, -0.2) is 9.59 Å². The summed E-state index contributed by atoms with van der Waals surface area (Å²) in [6.07, 6.45) is 0.223. The van der Waals surface area contributed by atoms with Crippen molar-refractivity contribution < 1.29 is 14.3 Å². The van der Waals surface area contributed by atoms with Gasteiger partial charge in [-0.2, -0.15) is 0 Å². The molecular weight excluding hydrogens is 146 g/mol. The molecule has 0 radical (unpaired) electrons. The molecule has 0 aromatic rings. The maximum Gasteiger partial charge on any atom is 0.415 e. The van der Waals surface area contributed by atoms with Crippen LogP contribution in [0.25, 0.3) is 0 Å². The van der Waals surface area contributed by atoms with Crippen LogP contribution in [-0.4, -0.2) is 18.1 Å². The minimum Gasteiger partial charge on any atom is -0.375 e. The van der Waals surface area contributed by atoms with Gasteiger partial charge < -0.3 is 10.1 Å². The summed E-state index contributed by atoms with van der Waals surface area (Å²) in [5.74, 6) is -0.307. The van der Waals surface area contributed by atoms with Gasteiger partial charge in [-0.15, -0.1) is 0 Å². The van der Waals surface area contributed by atoms with Crippen LogP contribution in [0.15, 0.2) is 0 Å². The average Bonchev–Trinajstić information content (AvgIpc) is 2.28. The maximum atomic E-state index is 10.9. The summed E-state index contributed by atoms with van der Waals surface area (Å²) in [5, 5.41) is 2.44. The number of ether oxygens (including phenoxy) is 1. The zero-order chi connectivity index (χ0) is 8.43. The van der Waals surface area contributed by atoms with Gasteiger partial charge in [0.25, 0.3) is 0 Å². The lowest BCUT2D eigenvalue weighted by molar-refractivity contribution is -0.136. The van der Waals surface area contributed by atoms with E-state index in [9.17, 15) is 9.59 Å². The Morgan fingerprint density at radius 3 is 2.64 bits per heavy atom. The quantitative estimate of drug-likeness (QED) is 0.473. The number of esters is 1. The molecule has 0 bridgehead atoms. The summed E-state index contributed by atoms with van der Waals surface area (Å²) in [6.45, 7) is 3.86. The van der Waals surface area contributed by atoms with E-state index >= 15 is 0 Å². The number of carbonyl (C=O) groups is 2. The Kier molecular flexibility index (Phi) is 2.12. The van der Waals surface area contributed by atoms with Gasteiger partial charge in [-0.05, 0) is 5.92 Å². The van der Waals surface area contributed by atoms with Crippen molar-refractivity contribution in [2.45, 2.75) is 26.3 Å². The molecule has 0 aromatic carbocycles. The Balaban J connectivity index is 2.59. The summed E-state index contributed by atoms with van der Waals surface area (Å²) < 4.78 is 4.31. The van der Waals surface area contributed by atoms with Gasteiger partial charge in [-0.1, -0.05) is 20.3 Å². The zero-order valence-corrected chi connectivity index (χ0v) is 6.59. The predicted octanol–water partition coefficient (Wildman–Crippen LogP) is 0.667. The van der Waals surface area contributed by atoms with Crippen LogP contribution in [-0.2, 0) is 9.53 Å². The molecule has 0 spiro atoms. The number of hydrogen-bond donors (Lipinski definition) is 1. The summed E-state index contributed by atoms with van der Waals surface area (Å²) >= 11 is 0. The number of nitrogens with one attached hydrogen (secondary N) is 1. The lowest BCUT2D eigenvalue weighted by Gasteiger charge is -2.11. The van der Waals surface area contributed by atoms with Crippen molar-refractivity contribution in [3.8, 4) is 0 Å². The molecule has 1 aliphatic rings. The Morgan fingerprint density at radius 2 is 2.27 bits per heavy atom. The third-order valence-electron chi connectivity index (χ3n) is 1.93. The Bertz CT molecular complexity index is 190. The molecule has 1 aliphatic heterocycles. The number of carbonyl (C=O) groups excluding carboxylic acids is 2. The molecule has 1 N–H and O–H groups in total. The van der Waals surface area contributed by atoms with E-state index in [1.807, 2.05) is 13.8 Å². The number of rotatable bonds is 2. The third kappa shape index (κ3) is 1.50. The molecule has 0 aromatic heterocycles. The van der Waals surface area contributed by atoms with Gasteiger partial charge >= 0.3 is 12.1 Å². The lowest BCUT2D eigenvalue weighted by Crippen LogP contribution is -2.34. The number of amides is 1. The minimum atomic E-state index is -0.625. The van der Waals surface area contributed by atoms with Crippen molar-refractivity contribution in [2.75, 3.05) is 0 Å². The first kappa shape index (κ1) is 8.04. The van der Waals surface area contributed by atoms with Crippen LogP contribution < -0.4 is 5.32 Å². The van der Waals surface area contributed by atoms with Gasteiger partial charge in [0.05, 0.1) is 0 Å². The molecule has 0 unspecified atom stereocenters. The van der Waals surface area contributed by atoms with Crippen LogP contribution in [0.1, 0.15) is 20.3 Å². The molecule has 0 aliphatic carbocycles.